The molecule has 1 atom stereocenters. The number of carbonyl (C=O) groups excluding carboxylic acids is 1. The number of nitrogens with two attached hydrogens (primary N) is 1. The van der Waals surface area contributed by atoms with Crippen LogP contribution < -0.4 is 24.7 Å². The van der Waals surface area contributed by atoms with Gasteiger partial charge in [-0.05, 0) is 48.4 Å². The second-order valence-corrected chi connectivity index (χ2v) is 7.66. The molecule has 0 radical (unpaired) electrons. The van der Waals surface area contributed by atoms with E-state index in [9.17, 15) is 10.1 Å². The number of carbonyl (C=O) groups is 1. The molecule has 7 heteroatoms. The van der Waals surface area contributed by atoms with Gasteiger partial charge in [0.25, 0.3) is 0 Å². The lowest BCUT2D eigenvalue weighted by Gasteiger charge is -2.26. The van der Waals surface area contributed by atoms with Gasteiger partial charge in [-0.15, -0.1) is 0 Å². The third kappa shape index (κ3) is 4.66. The van der Waals surface area contributed by atoms with Gasteiger partial charge in [0.05, 0.1) is 25.2 Å². The predicted octanol–water partition coefficient (Wildman–Crippen LogP) is 4.92. The normalized spacial score (nSPS) is 14.4. The van der Waals surface area contributed by atoms with Crippen LogP contribution in [-0.2, 0) is 0 Å². The average molecular weight is 456 g/mol. The number of nitriles is 1. The largest absolute Gasteiger partial charge is 0.497 e. The molecule has 34 heavy (non-hydrogen) atoms. The fraction of sp³-hybridized carbons (Fsp3) is 0.185. The van der Waals surface area contributed by atoms with Crippen molar-refractivity contribution in [1.82, 2.24) is 0 Å². The van der Waals surface area contributed by atoms with Gasteiger partial charge in [-0.3, -0.25) is 0 Å². The van der Waals surface area contributed by atoms with Gasteiger partial charge in [0.15, 0.2) is 0 Å². The molecule has 0 aromatic heterocycles. The van der Waals surface area contributed by atoms with E-state index in [0.717, 1.165) is 23.3 Å². The summed E-state index contributed by atoms with van der Waals surface area (Å²) in [6.07, 6.45) is 0.914. The molecule has 172 valence electrons. The Morgan fingerprint density at radius 1 is 1.06 bits per heavy atom. The molecule has 0 spiro atoms. The molecule has 1 aliphatic heterocycles. The molecule has 7 nitrogen and oxygen atoms in total. The minimum Gasteiger partial charge on any atom is -0.497 e. The number of esters is 1. The second-order valence-electron chi connectivity index (χ2n) is 7.66. The zero-order valence-corrected chi connectivity index (χ0v) is 18.9. The maximum Gasteiger partial charge on any atom is 0.343 e. The van der Waals surface area contributed by atoms with E-state index in [2.05, 4.69) is 6.07 Å². The monoisotopic (exact) mass is 456 g/mol. The third-order valence-electron chi connectivity index (χ3n) is 5.39. The number of hydrogen-bond donors (Lipinski definition) is 1. The second kappa shape index (κ2) is 10.0. The molecule has 0 saturated carbocycles. The van der Waals surface area contributed by atoms with Crippen molar-refractivity contribution >= 4 is 5.97 Å². The quantitative estimate of drug-likeness (QED) is 0.397. The smallest absolute Gasteiger partial charge is 0.343 e. The Morgan fingerprint density at radius 3 is 2.53 bits per heavy atom. The zero-order chi connectivity index (χ0) is 24.1. The number of ether oxygens (including phenoxy) is 4. The molecular weight excluding hydrogens is 432 g/mol. The minimum absolute atomic E-state index is 0.0163. The van der Waals surface area contributed by atoms with Gasteiger partial charge < -0.3 is 24.7 Å². The molecule has 3 aromatic rings. The van der Waals surface area contributed by atoms with Gasteiger partial charge in [0, 0.05) is 11.6 Å². The van der Waals surface area contributed by atoms with Crippen LogP contribution in [0.25, 0.3) is 0 Å². The third-order valence-corrected chi connectivity index (χ3v) is 5.39. The molecule has 0 amide bonds. The molecule has 2 N–H and O–H groups in total. The lowest BCUT2D eigenvalue weighted by atomic mass is 9.83. The van der Waals surface area contributed by atoms with Gasteiger partial charge in [-0.2, -0.15) is 5.26 Å². The van der Waals surface area contributed by atoms with E-state index in [4.69, 9.17) is 24.7 Å². The maximum atomic E-state index is 12.6. The molecule has 3 aromatic carbocycles. The Hall–Kier alpha value is -4.44. The Kier molecular flexibility index (Phi) is 6.69. The van der Waals surface area contributed by atoms with E-state index in [-0.39, 0.29) is 5.88 Å². The first kappa shape index (κ1) is 22.7. The molecule has 0 aliphatic carbocycles. The van der Waals surface area contributed by atoms with Crippen molar-refractivity contribution < 1.29 is 23.7 Å². The maximum absolute atomic E-state index is 12.6. The Labute approximate surface area is 197 Å². The van der Waals surface area contributed by atoms with Crippen LogP contribution in [0.15, 0.2) is 78.2 Å². The van der Waals surface area contributed by atoms with Gasteiger partial charge in [0.1, 0.15) is 34.6 Å². The molecule has 1 unspecified atom stereocenters. The molecule has 1 aliphatic rings. The average Bonchev–Trinajstić information content (AvgIpc) is 2.87. The highest BCUT2D eigenvalue weighted by Crippen LogP contribution is 2.43. The van der Waals surface area contributed by atoms with Crippen LogP contribution in [0.2, 0.25) is 0 Å². The van der Waals surface area contributed by atoms with Crippen molar-refractivity contribution in [3.05, 3.63) is 94.9 Å². The van der Waals surface area contributed by atoms with Crippen LogP contribution in [-0.4, -0.2) is 19.7 Å². The minimum atomic E-state index is -0.532. The SMILES string of the molecule is CCCOc1ccc(C2C(C#N)=C(N)Oc3cc(OC(=O)c4cccc(OC)c4)ccc32)cc1. The van der Waals surface area contributed by atoms with Gasteiger partial charge in [-0.25, -0.2) is 4.79 Å². The fourth-order valence-corrected chi connectivity index (χ4v) is 3.73. The van der Waals surface area contributed by atoms with E-state index in [1.165, 1.54) is 7.11 Å². The van der Waals surface area contributed by atoms with E-state index in [0.29, 0.717) is 35.0 Å². The van der Waals surface area contributed by atoms with Crippen LogP contribution >= 0.6 is 0 Å². The molecule has 4 rings (SSSR count). The van der Waals surface area contributed by atoms with Crippen molar-refractivity contribution in [2.45, 2.75) is 19.3 Å². The Morgan fingerprint density at radius 2 is 1.82 bits per heavy atom. The lowest BCUT2D eigenvalue weighted by Crippen LogP contribution is -2.21. The number of rotatable bonds is 7. The summed E-state index contributed by atoms with van der Waals surface area (Å²) in [7, 11) is 1.53. The fourth-order valence-electron chi connectivity index (χ4n) is 3.73. The van der Waals surface area contributed by atoms with Crippen molar-refractivity contribution in [3.63, 3.8) is 0 Å². The first-order chi connectivity index (χ1) is 16.5. The van der Waals surface area contributed by atoms with E-state index >= 15 is 0 Å². The van der Waals surface area contributed by atoms with Crippen LogP contribution in [0.4, 0.5) is 0 Å². The molecule has 0 saturated heterocycles. The number of methoxy groups -OCH3 is 1. The Balaban J connectivity index is 1.63. The van der Waals surface area contributed by atoms with Gasteiger partial charge in [0.2, 0.25) is 5.88 Å². The van der Waals surface area contributed by atoms with Crippen molar-refractivity contribution in [2.24, 2.45) is 5.73 Å². The molecular formula is C27H24N2O5. The van der Waals surface area contributed by atoms with Crippen LogP contribution in [0.3, 0.4) is 0 Å². The zero-order valence-electron chi connectivity index (χ0n) is 18.9. The van der Waals surface area contributed by atoms with E-state index in [1.54, 1.807) is 42.5 Å². The standard InChI is InChI=1S/C27H24N2O5/c1-3-13-32-19-9-7-17(8-10-19)25-22-12-11-21(15-24(22)34-26(29)23(25)16-28)33-27(30)18-5-4-6-20(14-18)31-2/h4-12,14-15,25H,3,13,29H2,1-2H3. The van der Waals surface area contributed by atoms with Crippen molar-refractivity contribution in [3.8, 4) is 29.1 Å². The van der Waals surface area contributed by atoms with Crippen LogP contribution in [0.5, 0.6) is 23.0 Å². The summed E-state index contributed by atoms with van der Waals surface area (Å²) in [4.78, 5) is 12.6. The lowest BCUT2D eigenvalue weighted by molar-refractivity contribution is 0.0734. The number of allylic oxidation sites excluding steroid dienone is 1. The molecule has 0 bridgehead atoms. The molecule has 0 fully saturated rings. The molecule has 1 heterocycles. The summed E-state index contributed by atoms with van der Waals surface area (Å²) in [5.41, 5.74) is 8.37. The summed E-state index contributed by atoms with van der Waals surface area (Å²) in [5, 5.41) is 9.76. The van der Waals surface area contributed by atoms with E-state index < -0.39 is 11.9 Å². The van der Waals surface area contributed by atoms with Crippen molar-refractivity contribution in [2.75, 3.05) is 13.7 Å². The number of fused-ring (bicyclic) bond motifs is 1. The van der Waals surface area contributed by atoms with Gasteiger partial charge in [-0.1, -0.05) is 31.2 Å². The summed E-state index contributed by atoms with van der Waals surface area (Å²) < 4.78 is 22.1. The first-order valence-electron chi connectivity index (χ1n) is 10.8. The van der Waals surface area contributed by atoms with Crippen LogP contribution in [0, 0.1) is 11.3 Å². The van der Waals surface area contributed by atoms with Gasteiger partial charge >= 0.3 is 5.97 Å². The summed E-state index contributed by atoms with van der Waals surface area (Å²) in [5.74, 6) is 1.09. The number of hydrogen-bond acceptors (Lipinski definition) is 7. The van der Waals surface area contributed by atoms with E-state index in [1.807, 2.05) is 31.2 Å². The first-order valence-corrected chi connectivity index (χ1v) is 10.8. The number of benzene rings is 3. The predicted molar refractivity (Wildman–Crippen MR) is 126 cm³/mol. The highest BCUT2D eigenvalue weighted by molar-refractivity contribution is 5.91. The Bertz CT molecular complexity index is 1270. The summed E-state index contributed by atoms with van der Waals surface area (Å²) in [6, 6.07) is 21.5. The highest BCUT2D eigenvalue weighted by atomic mass is 16.5. The van der Waals surface area contributed by atoms with Crippen LogP contribution in [0.1, 0.15) is 40.7 Å². The summed E-state index contributed by atoms with van der Waals surface area (Å²) in [6.45, 7) is 2.68. The highest BCUT2D eigenvalue weighted by Gasteiger charge is 2.31. The summed E-state index contributed by atoms with van der Waals surface area (Å²) >= 11 is 0. The topological polar surface area (TPSA) is 104 Å². The number of nitrogens with zero attached hydrogens (tertiary/aromatic N) is 1. The van der Waals surface area contributed by atoms with Crippen molar-refractivity contribution in [1.29, 1.82) is 5.26 Å².